The second kappa shape index (κ2) is 7.90. The highest BCUT2D eigenvalue weighted by molar-refractivity contribution is 5.18. The molecule has 2 nitrogen and oxygen atoms in total. The molecular weight excluding hydrogens is 265 g/mol. The van der Waals surface area contributed by atoms with Crippen LogP contribution < -0.4 is 5.32 Å². The van der Waals surface area contributed by atoms with E-state index in [1.165, 1.54) is 31.2 Å². The van der Waals surface area contributed by atoms with Gasteiger partial charge in [0.05, 0.1) is 5.60 Å². The first kappa shape index (κ1) is 16.4. The van der Waals surface area contributed by atoms with Gasteiger partial charge in [-0.3, -0.25) is 0 Å². The van der Waals surface area contributed by atoms with E-state index in [1.807, 2.05) is 19.2 Å². The van der Waals surface area contributed by atoms with Crippen LogP contribution in [0.3, 0.4) is 0 Å². The third kappa shape index (κ3) is 4.27. The monoisotopic (exact) mass is 293 g/mol. The molecule has 118 valence electrons. The smallest absolute Gasteiger partial charge is 0.123 e. The van der Waals surface area contributed by atoms with Gasteiger partial charge in [-0.25, -0.2) is 4.39 Å². The number of ether oxygens (including phenoxy) is 1. The zero-order valence-electron chi connectivity index (χ0n) is 13.3. The second-order valence-electron chi connectivity index (χ2n) is 6.12. The van der Waals surface area contributed by atoms with Gasteiger partial charge < -0.3 is 10.1 Å². The summed E-state index contributed by atoms with van der Waals surface area (Å²) in [7, 11) is 1.85. The minimum absolute atomic E-state index is 0.0824. The van der Waals surface area contributed by atoms with E-state index < -0.39 is 0 Å². The molecule has 0 amide bonds. The summed E-state index contributed by atoms with van der Waals surface area (Å²) in [6, 6.07) is 7.16. The normalized spacial score (nSPS) is 20.0. The molecule has 0 aromatic heterocycles. The minimum atomic E-state index is -0.172. The van der Waals surface area contributed by atoms with Crippen LogP contribution in [0.15, 0.2) is 24.3 Å². The van der Waals surface area contributed by atoms with Crippen LogP contribution in [0.4, 0.5) is 4.39 Å². The third-order valence-electron chi connectivity index (χ3n) is 4.80. The fourth-order valence-electron chi connectivity index (χ4n) is 3.57. The van der Waals surface area contributed by atoms with Gasteiger partial charge >= 0.3 is 0 Å². The summed E-state index contributed by atoms with van der Waals surface area (Å²) in [5, 5.41) is 3.62. The topological polar surface area (TPSA) is 21.3 Å². The van der Waals surface area contributed by atoms with Crippen LogP contribution in [0.2, 0.25) is 0 Å². The average Bonchev–Trinajstić information content (AvgIpc) is 2.75. The number of rotatable bonds is 6. The van der Waals surface area contributed by atoms with Crippen molar-refractivity contribution in [2.24, 2.45) is 0 Å². The molecule has 1 aromatic rings. The summed E-state index contributed by atoms with van der Waals surface area (Å²) in [4.78, 5) is 0. The van der Waals surface area contributed by atoms with Crippen molar-refractivity contribution in [3.63, 3.8) is 0 Å². The molecule has 21 heavy (non-hydrogen) atoms. The molecule has 0 heterocycles. The molecule has 1 saturated carbocycles. The Bertz CT molecular complexity index is 410. The number of hydrogen-bond acceptors (Lipinski definition) is 2. The van der Waals surface area contributed by atoms with Crippen LogP contribution in [0.1, 0.15) is 51.0 Å². The van der Waals surface area contributed by atoms with Crippen LogP contribution in [0, 0.1) is 5.82 Å². The highest BCUT2D eigenvalue weighted by atomic mass is 19.1. The largest absolute Gasteiger partial charge is 0.377 e. The third-order valence-corrected chi connectivity index (χ3v) is 4.80. The van der Waals surface area contributed by atoms with Crippen LogP contribution in [-0.2, 0) is 11.2 Å². The lowest BCUT2D eigenvalue weighted by atomic mass is 9.82. The first-order valence-electron chi connectivity index (χ1n) is 8.23. The van der Waals surface area contributed by atoms with E-state index in [1.54, 1.807) is 12.1 Å². The summed E-state index contributed by atoms with van der Waals surface area (Å²) in [6.07, 6.45) is 8.20. The number of benzene rings is 1. The number of halogens is 1. The molecular formula is C18H28FNO. The van der Waals surface area contributed by atoms with Gasteiger partial charge in [-0.15, -0.1) is 0 Å². The summed E-state index contributed by atoms with van der Waals surface area (Å²) >= 11 is 0. The van der Waals surface area contributed by atoms with Crippen molar-refractivity contribution in [3.05, 3.63) is 35.6 Å². The number of hydrogen-bond donors (Lipinski definition) is 1. The Morgan fingerprint density at radius 2 is 1.76 bits per heavy atom. The van der Waals surface area contributed by atoms with E-state index in [-0.39, 0.29) is 17.5 Å². The van der Waals surface area contributed by atoms with E-state index in [0.717, 1.165) is 25.8 Å². The van der Waals surface area contributed by atoms with Crippen molar-refractivity contribution in [2.75, 3.05) is 13.7 Å². The van der Waals surface area contributed by atoms with Gasteiger partial charge in [0.1, 0.15) is 5.82 Å². The Kier molecular flexibility index (Phi) is 6.19. The first-order chi connectivity index (χ1) is 10.2. The molecule has 0 aliphatic heterocycles. The highest BCUT2D eigenvalue weighted by Gasteiger charge is 2.38. The predicted molar refractivity (Wildman–Crippen MR) is 85.0 cm³/mol. The van der Waals surface area contributed by atoms with Gasteiger partial charge in [-0.1, -0.05) is 44.7 Å². The minimum Gasteiger partial charge on any atom is -0.377 e. The second-order valence-corrected chi connectivity index (χ2v) is 6.12. The lowest BCUT2D eigenvalue weighted by molar-refractivity contribution is -0.0523. The number of nitrogens with one attached hydrogen (secondary N) is 1. The van der Waals surface area contributed by atoms with Crippen LogP contribution in [0.5, 0.6) is 0 Å². The van der Waals surface area contributed by atoms with E-state index in [4.69, 9.17) is 4.74 Å². The van der Waals surface area contributed by atoms with E-state index >= 15 is 0 Å². The quantitative estimate of drug-likeness (QED) is 0.798. The van der Waals surface area contributed by atoms with Crippen molar-refractivity contribution in [1.82, 2.24) is 5.32 Å². The Hall–Kier alpha value is -0.930. The standard InChI is InChI=1S/C18H28FNO/c1-3-20-17(14-15-8-10-16(19)11-9-15)18(21-2)12-6-4-5-7-13-18/h8-11,17,20H,3-7,12-14H2,1-2H3. The van der Waals surface area contributed by atoms with Gasteiger partial charge in [-0.05, 0) is 43.5 Å². The van der Waals surface area contributed by atoms with E-state index in [9.17, 15) is 4.39 Å². The summed E-state index contributed by atoms with van der Waals surface area (Å²) < 4.78 is 19.1. The zero-order valence-corrected chi connectivity index (χ0v) is 13.3. The molecule has 3 heteroatoms. The molecule has 0 radical (unpaired) electrons. The van der Waals surface area contributed by atoms with E-state index in [2.05, 4.69) is 12.2 Å². The number of likely N-dealkylation sites (N-methyl/N-ethyl adjacent to an activating group) is 1. The molecule has 1 atom stereocenters. The molecule has 1 unspecified atom stereocenters. The highest BCUT2D eigenvalue weighted by Crippen LogP contribution is 2.34. The first-order valence-corrected chi connectivity index (χ1v) is 8.23. The van der Waals surface area contributed by atoms with Crippen molar-refractivity contribution >= 4 is 0 Å². The fraction of sp³-hybridized carbons (Fsp3) is 0.667. The van der Waals surface area contributed by atoms with E-state index in [0.29, 0.717) is 0 Å². The van der Waals surface area contributed by atoms with Gasteiger partial charge in [-0.2, -0.15) is 0 Å². The number of methoxy groups -OCH3 is 1. The Balaban J connectivity index is 2.16. The predicted octanol–water partition coefficient (Wildman–Crippen LogP) is 4.09. The van der Waals surface area contributed by atoms with Crippen molar-refractivity contribution in [3.8, 4) is 0 Å². The summed E-state index contributed by atoms with van der Waals surface area (Å²) in [5.41, 5.74) is 1.09. The molecule has 1 fully saturated rings. The van der Waals surface area contributed by atoms with Gasteiger partial charge in [0.15, 0.2) is 0 Å². The average molecular weight is 293 g/mol. The lowest BCUT2D eigenvalue weighted by Gasteiger charge is -2.40. The van der Waals surface area contributed by atoms with Gasteiger partial charge in [0.25, 0.3) is 0 Å². The molecule has 2 rings (SSSR count). The molecule has 0 saturated heterocycles. The maximum atomic E-state index is 13.1. The Labute approximate surface area is 128 Å². The van der Waals surface area contributed by atoms with Crippen molar-refractivity contribution in [1.29, 1.82) is 0 Å². The van der Waals surface area contributed by atoms with Gasteiger partial charge in [0, 0.05) is 13.2 Å². The Morgan fingerprint density at radius 3 is 2.29 bits per heavy atom. The fourth-order valence-corrected chi connectivity index (χ4v) is 3.57. The van der Waals surface area contributed by atoms with Crippen LogP contribution in [-0.4, -0.2) is 25.3 Å². The van der Waals surface area contributed by atoms with Crippen molar-refractivity contribution < 1.29 is 9.13 Å². The van der Waals surface area contributed by atoms with Crippen LogP contribution in [0.25, 0.3) is 0 Å². The molecule has 1 N–H and O–H groups in total. The molecule has 1 aromatic carbocycles. The molecule has 1 aliphatic carbocycles. The molecule has 0 spiro atoms. The van der Waals surface area contributed by atoms with Crippen LogP contribution >= 0.6 is 0 Å². The summed E-state index contributed by atoms with van der Waals surface area (Å²) in [5.74, 6) is -0.172. The summed E-state index contributed by atoms with van der Waals surface area (Å²) in [6.45, 7) is 3.06. The molecule has 0 bridgehead atoms. The molecule has 1 aliphatic rings. The SMILES string of the molecule is CCNC(Cc1ccc(F)cc1)C1(OC)CCCCCC1. The maximum Gasteiger partial charge on any atom is 0.123 e. The lowest BCUT2D eigenvalue weighted by Crippen LogP contribution is -2.53. The van der Waals surface area contributed by atoms with Crippen molar-refractivity contribution in [2.45, 2.75) is 63.5 Å². The maximum absolute atomic E-state index is 13.1. The Morgan fingerprint density at radius 1 is 1.14 bits per heavy atom. The zero-order chi connectivity index (χ0) is 15.1. The van der Waals surface area contributed by atoms with Gasteiger partial charge in [0.2, 0.25) is 0 Å².